The summed E-state index contributed by atoms with van der Waals surface area (Å²) in [6, 6.07) is 1.70. The molecule has 7 heteroatoms. The van der Waals surface area contributed by atoms with E-state index >= 15 is 0 Å². The molecule has 5 nitrogen and oxygen atoms in total. The highest BCUT2D eigenvalue weighted by atomic mass is 32.2. The summed E-state index contributed by atoms with van der Waals surface area (Å²) in [5.74, 6) is -0.480. The topological polar surface area (TPSA) is 73.2 Å². The molecule has 0 aromatic heterocycles. The maximum absolute atomic E-state index is 11.9. The second kappa shape index (κ2) is 6.84. The predicted molar refractivity (Wildman–Crippen MR) is 65.0 cm³/mol. The zero-order chi connectivity index (χ0) is 13.5. The lowest BCUT2D eigenvalue weighted by molar-refractivity contribution is -0.125. The number of carbonyl (C=O) groups is 2. The van der Waals surface area contributed by atoms with Crippen LogP contribution in [0.2, 0.25) is 0 Å². The molecule has 0 atom stereocenters. The van der Waals surface area contributed by atoms with Gasteiger partial charge in [0.2, 0.25) is 5.91 Å². The van der Waals surface area contributed by atoms with Crippen molar-refractivity contribution in [3.8, 4) is 6.07 Å². The molecule has 1 heterocycles. The molecule has 0 saturated carbocycles. The Morgan fingerprint density at radius 2 is 2.39 bits per heavy atom. The van der Waals surface area contributed by atoms with Crippen LogP contribution in [0.25, 0.3) is 0 Å². The van der Waals surface area contributed by atoms with Gasteiger partial charge in [-0.1, -0.05) is 17.5 Å². The van der Waals surface area contributed by atoms with Gasteiger partial charge in [-0.2, -0.15) is 5.26 Å². The second-order valence-corrected chi connectivity index (χ2v) is 4.25. The van der Waals surface area contributed by atoms with Crippen molar-refractivity contribution in [3.63, 3.8) is 0 Å². The van der Waals surface area contributed by atoms with Crippen molar-refractivity contribution < 1.29 is 14.0 Å². The molecular formula is C11H12FN3O2S. The first-order valence-corrected chi connectivity index (χ1v) is 6.31. The number of amides is 2. The van der Waals surface area contributed by atoms with Crippen LogP contribution in [0.4, 0.5) is 4.39 Å². The Balaban J connectivity index is 2.99. The number of nitrogens with zero attached hydrogens (tertiary/aromatic N) is 2. The van der Waals surface area contributed by atoms with E-state index in [4.69, 9.17) is 5.26 Å². The molecule has 1 saturated heterocycles. The molecular weight excluding hydrogens is 257 g/mol. The number of hydrogen-bond acceptors (Lipinski definition) is 4. The highest BCUT2D eigenvalue weighted by Gasteiger charge is 2.25. The summed E-state index contributed by atoms with van der Waals surface area (Å²) in [5, 5.41) is 11.5. The predicted octanol–water partition coefficient (Wildman–Crippen LogP) is 0.558. The first-order chi connectivity index (χ1) is 8.63. The Bertz CT molecular complexity index is 463. The zero-order valence-corrected chi connectivity index (χ0v) is 10.6. The third-order valence-corrected chi connectivity index (χ3v) is 3.13. The second-order valence-electron chi connectivity index (χ2n) is 3.29. The van der Waals surface area contributed by atoms with Crippen molar-refractivity contribution in [2.75, 3.05) is 25.5 Å². The van der Waals surface area contributed by atoms with E-state index < -0.39 is 12.6 Å². The Morgan fingerprint density at radius 3 is 2.94 bits per heavy atom. The van der Waals surface area contributed by atoms with Gasteiger partial charge < -0.3 is 5.32 Å². The lowest BCUT2D eigenvalue weighted by Crippen LogP contribution is -2.27. The molecule has 0 aromatic carbocycles. The third kappa shape index (κ3) is 3.36. The Hall–Kier alpha value is -1.77. The van der Waals surface area contributed by atoms with Crippen LogP contribution in [0, 0.1) is 11.3 Å². The summed E-state index contributed by atoms with van der Waals surface area (Å²) in [4.78, 5) is 24.3. The van der Waals surface area contributed by atoms with Crippen molar-refractivity contribution in [2.45, 2.75) is 6.92 Å². The van der Waals surface area contributed by atoms with E-state index in [1.54, 1.807) is 13.0 Å². The Labute approximate surface area is 108 Å². The normalized spacial score (nSPS) is 14.2. The van der Waals surface area contributed by atoms with Crippen LogP contribution in [0.1, 0.15) is 6.92 Å². The monoisotopic (exact) mass is 269 g/mol. The van der Waals surface area contributed by atoms with Gasteiger partial charge in [-0.15, -0.1) is 0 Å². The molecule has 0 unspecified atom stereocenters. The fraction of sp³-hybridized carbons (Fsp3) is 0.455. The van der Waals surface area contributed by atoms with Gasteiger partial charge in [0.25, 0.3) is 5.91 Å². The van der Waals surface area contributed by atoms with Gasteiger partial charge >= 0.3 is 0 Å². The number of rotatable bonds is 4. The molecule has 96 valence electrons. The minimum atomic E-state index is -0.699. The number of thioether (sulfide) groups is 1. The van der Waals surface area contributed by atoms with Crippen LogP contribution in [0.3, 0.4) is 0 Å². The van der Waals surface area contributed by atoms with E-state index in [0.29, 0.717) is 11.6 Å². The molecule has 1 aliphatic rings. The molecule has 0 aromatic rings. The maximum atomic E-state index is 11.9. The first kappa shape index (κ1) is 14.3. The minimum Gasteiger partial charge on any atom is -0.348 e. The number of nitriles is 1. The van der Waals surface area contributed by atoms with Crippen molar-refractivity contribution in [2.24, 2.45) is 0 Å². The fourth-order valence-electron chi connectivity index (χ4n) is 1.31. The molecule has 0 bridgehead atoms. The van der Waals surface area contributed by atoms with Gasteiger partial charge in [0.05, 0.1) is 5.75 Å². The van der Waals surface area contributed by atoms with Gasteiger partial charge in [0.15, 0.2) is 5.57 Å². The number of halogens is 1. The van der Waals surface area contributed by atoms with E-state index in [0.717, 1.165) is 0 Å². The number of hydrogen-bond donors (Lipinski definition) is 1. The highest BCUT2D eigenvalue weighted by Crippen LogP contribution is 2.27. The van der Waals surface area contributed by atoms with Gasteiger partial charge in [0, 0.05) is 13.1 Å². The van der Waals surface area contributed by atoms with Crippen LogP contribution in [-0.2, 0) is 9.59 Å². The van der Waals surface area contributed by atoms with Gasteiger partial charge in [-0.05, 0) is 6.92 Å². The SMILES string of the molecule is CCN1C(=O)CSC1=C=C(C#N)C(=O)NCCF. The van der Waals surface area contributed by atoms with Crippen molar-refractivity contribution in [3.05, 3.63) is 16.3 Å². The maximum Gasteiger partial charge on any atom is 0.270 e. The minimum absolute atomic E-state index is 0.0774. The molecule has 18 heavy (non-hydrogen) atoms. The number of nitrogens with one attached hydrogen (secondary N) is 1. The van der Waals surface area contributed by atoms with Crippen molar-refractivity contribution >= 4 is 23.6 Å². The Kier molecular flexibility index (Phi) is 5.43. The van der Waals surface area contributed by atoms with E-state index in [9.17, 15) is 14.0 Å². The van der Waals surface area contributed by atoms with E-state index in [1.165, 1.54) is 16.7 Å². The summed E-state index contributed by atoms with van der Waals surface area (Å²) in [6.45, 7) is 1.40. The summed E-state index contributed by atoms with van der Waals surface area (Å²) < 4.78 is 11.9. The molecule has 2 amide bonds. The van der Waals surface area contributed by atoms with Crippen LogP contribution in [0.15, 0.2) is 16.3 Å². The average Bonchev–Trinajstić information content (AvgIpc) is 2.73. The van der Waals surface area contributed by atoms with E-state index in [2.05, 4.69) is 11.0 Å². The highest BCUT2D eigenvalue weighted by molar-refractivity contribution is 8.04. The zero-order valence-electron chi connectivity index (χ0n) is 9.83. The third-order valence-electron chi connectivity index (χ3n) is 2.15. The molecule has 0 radical (unpaired) electrons. The van der Waals surface area contributed by atoms with Crippen molar-refractivity contribution in [1.82, 2.24) is 10.2 Å². The fourth-order valence-corrected chi connectivity index (χ4v) is 2.29. The molecule has 1 fully saturated rings. The lowest BCUT2D eigenvalue weighted by Gasteiger charge is -2.11. The summed E-state index contributed by atoms with van der Waals surface area (Å²) in [6.07, 6.45) is 0. The smallest absolute Gasteiger partial charge is 0.270 e. The Morgan fingerprint density at radius 1 is 1.67 bits per heavy atom. The van der Waals surface area contributed by atoms with Crippen LogP contribution in [0.5, 0.6) is 0 Å². The molecule has 1 aliphatic heterocycles. The molecule has 0 aliphatic carbocycles. The van der Waals surface area contributed by atoms with Crippen molar-refractivity contribution in [1.29, 1.82) is 5.26 Å². The quantitative estimate of drug-likeness (QED) is 0.460. The first-order valence-electron chi connectivity index (χ1n) is 5.32. The summed E-state index contributed by atoms with van der Waals surface area (Å²) in [7, 11) is 0. The largest absolute Gasteiger partial charge is 0.348 e. The molecule has 0 spiro atoms. The van der Waals surface area contributed by atoms with Crippen LogP contribution in [-0.4, -0.2) is 42.2 Å². The lowest BCUT2D eigenvalue weighted by atomic mass is 10.3. The van der Waals surface area contributed by atoms with Gasteiger partial charge in [-0.25, -0.2) is 4.39 Å². The summed E-state index contributed by atoms with van der Waals surface area (Å²) in [5.41, 5.74) is 2.36. The molecule has 1 rings (SSSR count). The summed E-state index contributed by atoms with van der Waals surface area (Å²) >= 11 is 1.22. The number of alkyl halides is 1. The van der Waals surface area contributed by atoms with Crippen LogP contribution >= 0.6 is 11.8 Å². The average molecular weight is 269 g/mol. The van der Waals surface area contributed by atoms with E-state index in [-0.39, 0.29) is 23.8 Å². The van der Waals surface area contributed by atoms with Gasteiger partial charge in [-0.3, -0.25) is 14.5 Å². The van der Waals surface area contributed by atoms with E-state index in [1.807, 2.05) is 0 Å². The van der Waals surface area contributed by atoms with Gasteiger partial charge in [0.1, 0.15) is 17.8 Å². The van der Waals surface area contributed by atoms with Crippen LogP contribution < -0.4 is 5.32 Å². The molecule has 1 N–H and O–H groups in total. The number of carbonyl (C=O) groups excluding carboxylic acids is 2. The standard InChI is InChI=1S/C11H12FN3O2S/c1-2-15-9(16)7-18-10(15)5-8(6-13)11(17)14-4-3-12/h2-4,7H2,1H3,(H,14,17).